The monoisotopic (exact) mass is 251 g/mol. The van der Waals surface area contributed by atoms with Crippen molar-refractivity contribution in [2.75, 3.05) is 7.11 Å². The quantitative estimate of drug-likeness (QED) is 0.705. The summed E-state index contributed by atoms with van der Waals surface area (Å²) < 4.78 is 10.7. The van der Waals surface area contributed by atoms with Crippen LogP contribution in [0.4, 0.5) is 0 Å². The van der Waals surface area contributed by atoms with Gasteiger partial charge in [0.15, 0.2) is 5.58 Å². The van der Waals surface area contributed by atoms with Crippen molar-refractivity contribution in [3.63, 3.8) is 0 Å². The molecule has 0 unspecified atom stereocenters. The summed E-state index contributed by atoms with van der Waals surface area (Å²) >= 11 is 0. The van der Waals surface area contributed by atoms with Crippen molar-refractivity contribution in [3.05, 3.63) is 60.0 Å². The van der Waals surface area contributed by atoms with Gasteiger partial charge >= 0.3 is 0 Å². The molecule has 0 saturated heterocycles. The van der Waals surface area contributed by atoms with Crippen LogP contribution >= 0.6 is 0 Å². The zero-order valence-electron chi connectivity index (χ0n) is 10.5. The van der Waals surface area contributed by atoms with Crippen LogP contribution < -0.4 is 4.74 Å². The number of fused-ring (bicyclic) bond motifs is 1. The van der Waals surface area contributed by atoms with E-state index in [1.165, 1.54) is 0 Å². The highest BCUT2D eigenvalue weighted by Crippen LogP contribution is 2.17. The third kappa shape index (κ3) is 2.50. The number of methoxy groups -OCH3 is 1. The van der Waals surface area contributed by atoms with Crippen LogP contribution in [0.3, 0.4) is 0 Å². The van der Waals surface area contributed by atoms with Gasteiger partial charge in [-0.15, -0.1) is 0 Å². The van der Waals surface area contributed by atoms with Crippen molar-refractivity contribution >= 4 is 23.3 Å². The summed E-state index contributed by atoms with van der Waals surface area (Å²) in [5, 5.41) is 0. The van der Waals surface area contributed by atoms with Crippen molar-refractivity contribution < 1.29 is 9.15 Å². The number of hydrogen-bond donors (Lipinski definition) is 0. The maximum Gasteiger partial charge on any atom is 0.220 e. The Morgan fingerprint density at radius 3 is 2.53 bits per heavy atom. The first-order valence-electron chi connectivity index (χ1n) is 6.03. The van der Waals surface area contributed by atoms with Gasteiger partial charge in [-0.25, -0.2) is 4.98 Å². The molecule has 0 aliphatic carbocycles. The van der Waals surface area contributed by atoms with Crippen LogP contribution in [-0.4, -0.2) is 12.1 Å². The molecule has 0 N–H and O–H groups in total. The molecule has 3 heteroatoms. The molecular weight excluding hydrogens is 238 g/mol. The highest BCUT2D eigenvalue weighted by atomic mass is 16.5. The molecule has 0 atom stereocenters. The zero-order valence-corrected chi connectivity index (χ0v) is 10.5. The first-order valence-corrected chi connectivity index (χ1v) is 6.03. The molecule has 0 fully saturated rings. The van der Waals surface area contributed by atoms with Crippen molar-refractivity contribution in [1.29, 1.82) is 0 Å². The zero-order chi connectivity index (χ0) is 13.1. The summed E-state index contributed by atoms with van der Waals surface area (Å²) in [5.41, 5.74) is 2.75. The third-order valence-corrected chi connectivity index (χ3v) is 2.84. The predicted molar refractivity (Wildman–Crippen MR) is 75.9 cm³/mol. The second-order valence-corrected chi connectivity index (χ2v) is 4.13. The molecule has 0 saturated carbocycles. The van der Waals surface area contributed by atoms with Crippen LogP contribution in [0.2, 0.25) is 0 Å². The van der Waals surface area contributed by atoms with E-state index in [-0.39, 0.29) is 0 Å². The van der Waals surface area contributed by atoms with Gasteiger partial charge in [0, 0.05) is 6.08 Å². The largest absolute Gasteiger partial charge is 0.497 e. The van der Waals surface area contributed by atoms with Crippen LogP contribution in [0.1, 0.15) is 11.5 Å². The van der Waals surface area contributed by atoms with Crippen LogP contribution in [0.15, 0.2) is 52.9 Å². The van der Waals surface area contributed by atoms with E-state index in [0.717, 1.165) is 22.4 Å². The summed E-state index contributed by atoms with van der Waals surface area (Å²) in [4.78, 5) is 4.38. The predicted octanol–water partition coefficient (Wildman–Crippen LogP) is 4.01. The summed E-state index contributed by atoms with van der Waals surface area (Å²) in [6, 6.07) is 15.5. The number of oxazole rings is 1. The number of ether oxygens (including phenoxy) is 1. The SMILES string of the molecule is COc1ccc(/C=C\c2nc3ccccc3o2)cc1. The van der Waals surface area contributed by atoms with Gasteiger partial charge in [0.1, 0.15) is 11.3 Å². The second kappa shape index (κ2) is 4.98. The Hall–Kier alpha value is -2.55. The normalized spacial score (nSPS) is 11.2. The van der Waals surface area contributed by atoms with Gasteiger partial charge < -0.3 is 9.15 Å². The molecular formula is C16H13NO2. The molecule has 3 rings (SSSR count). The first kappa shape index (κ1) is 11.5. The molecule has 1 heterocycles. The average Bonchev–Trinajstić information content (AvgIpc) is 2.88. The molecule has 94 valence electrons. The minimum Gasteiger partial charge on any atom is -0.497 e. The molecule has 3 nitrogen and oxygen atoms in total. The minimum absolute atomic E-state index is 0.608. The molecule has 19 heavy (non-hydrogen) atoms. The van der Waals surface area contributed by atoms with Gasteiger partial charge in [0.2, 0.25) is 5.89 Å². The lowest BCUT2D eigenvalue weighted by Crippen LogP contribution is -1.81. The van der Waals surface area contributed by atoms with E-state index in [4.69, 9.17) is 9.15 Å². The Kier molecular flexibility index (Phi) is 3.02. The van der Waals surface area contributed by atoms with E-state index in [1.54, 1.807) is 7.11 Å². The molecule has 3 aromatic rings. The lowest BCUT2D eigenvalue weighted by atomic mass is 10.2. The lowest BCUT2D eigenvalue weighted by molar-refractivity contribution is 0.415. The van der Waals surface area contributed by atoms with E-state index >= 15 is 0 Å². The van der Waals surface area contributed by atoms with Gasteiger partial charge in [-0.05, 0) is 35.9 Å². The fourth-order valence-electron chi connectivity index (χ4n) is 1.84. The highest BCUT2D eigenvalue weighted by Gasteiger charge is 2.00. The molecule has 0 bridgehead atoms. The standard InChI is InChI=1S/C16H13NO2/c1-18-13-9-6-12(7-10-13)8-11-16-17-14-4-2-3-5-15(14)19-16/h2-11H,1H3/b11-8-. The number of aromatic nitrogens is 1. The number of para-hydroxylation sites is 2. The smallest absolute Gasteiger partial charge is 0.220 e. The van der Waals surface area contributed by atoms with Crippen molar-refractivity contribution in [3.8, 4) is 5.75 Å². The molecule has 2 aromatic carbocycles. The molecule has 0 radical (unpaired) electrons. The summed E-state index contributed by atoms with van der Waals surface area (Å²) in [5.74, 6) is 1.45. The van der Waals surface area contributed by atoms with E-state index in [0.29, 0.717) is 5.89 Å². The van der Waals surface area contributed by atoms with E-state index < -0.39 is 0 Å². The van der Waals surface area contributed by atoms with Crippen LogP contribution in [0.25, 0.3) is 23.3 Å². The second-order valence-electron chi connectivity index (χ2n) is 4.13. The highest BCUT2D eigenvalue weighted by molar-refractivity contribution is 5.75. The molecule has 0 aliphatic heterocycles. The molecule has 0 spiro atoms. The maximum atomic E-state index is 5.61. The Balaban J connectivity index is 1.84. The van der Waals surface area contributed by atoms with Gasteiger partial charge in [0.25, 0.3) is 0 Å². The van der Waals surface area contributed by atoms with Crippen molar-refractivity contribution in [2.24, 2.45) is 0 Å². The van der Waals surface area contributed by atoms with Crippen molar-refractivity contribution in [1.82, 2.24) is 4.98 Å². The summed E-state index contributed by atoms with van der Waals surface area (Å²) in [6.07, 6.45) is 3.83. The Morgan fingerprint density at radius 1 is 1.00 bits per heavy atom. The molecule has 0 amide bonds. The molecule has 0 aliphatic rings. The topological polar surface area (TPSA) is 35.3 Å². The van der Waals surface area contributed by atoms with Crippen molar-refractivity contribution in [2.45, 2.75) is 0 Å². The molecule has 1 aromatic heterocycles. The Morgan fingerprint density at radius 2 is 1.79 bits per heavy atom. The van der Waals surface area contributed by atoms with Gasteiger partial charge in [-0.2, -0.15) is 0 Å². The van der Waals surface area contributed by atoms with Crippen LogP contribution in [-0.2, 0) is 0 Å². The number of rotatable bonds is 3. The summed E-state index contributed by atoms with van der Waals surface area (Å²) in [6.45, 7) is 0. The maximum absolute atomic E-state index is 5.61. The van der Waals surface area contributed by atoms with E-state index in [2.05, 4.69) is 4.98 Å². The number of benzene rings is 2. The van der Waals surface area contributed by atoms with E-state index in [1.807, 2.05) is 60.7 Å². The van der Waals surface area contributed by atoms with Gasteiger partial charge in [-0.1, -0.05) is 24.3 Å². The number of hydrogen-bond acceptors (Lipinski definition) is 3. The summed E-state index contributed by atoms with van der Waals surface area (Å²) in [7, 11) is 1.66. The third-order valence-electron chi connectivity index (χ3n) is 2.84. The fourth-order valence-corrected chi connectivity index (χ4v) is 1.84. The van der Waals surface area contributed by atoms with E-state index in [9.17, 15) is 0 Å². The van der Waals surface area contributed by atoms with Gasteiger partial charge in [0.05, 0.1) is 7.11 Å². The van der Waals surface area contributed by atoms with Crippen LogP contribution in [0.5, 0.6) is 5.75 Å². The van der Waals surface area contributed by atoms with Crippen LogP contribution in [0, 0.1) is 0 Å². The Bertz CT molecular complexity index is 678. The lowest BCUT2D eigenvalue weighted by Gasteiger charge is -1.98. The minimum atomic E-state index is 0.608. The van der Waals surface area contributed by atoms with Gasteiger partial charge in [-0.3, -0.25) is 0 Å². The fraction of sp³-hybridized carbons (Fsp3) is 0.0625. The average molecular weight is 251 g/mol. The Labute approximate surface area is 111 Å². The first-order chi connectivity index (χ1) is 9.35. The number of nitrogens with zero attached hydrogens (tertiary/aromatic N) is 1.